The van der Waals surface area contributed by atoms with Gasteiger partial charge in [-0.05, 0) is 24.5 Å². The third kappa shape index (κ3) is 2.89. The van der Waals surface area contributed by atoms with Crippen molar-refractivity contribution in [3.63, 3.8) is 0 Å². The van der Waals surface area contributed by atoms with Crippen molar-refractivity contribution in [1.82, 2.24) is 15.1 Å². The lowest BCUT2D eigenvalue weighted by atomic mass is 10.1. The highest BCUT2D eigenvalue weighted by molar-refractivity contribution is 5.77. The van der Waals surface area contributed by atoms with Crippen molar-refractivity contribution in [2.24, 2.45) is 5.92 Å². The first-order chi connectivity index (χ1) is 9.84. The number of benzene rings is 1. The molecule has 2 heterocycles. The second-order valence-corrected chi connectivity index (χ2v) is 5.18. The number of aromatic nitrogens is 2. The zero-order valence-electron chi connectivity index (χ0n) is 11.4. The number of hydrogen-bond donors (Lipinski definition) is 1. The average Bonchev–Trinajstić information content (AvgIpc) is 2.99. The van der Waals surface area contributed by atoms with E-state index in [0.29, 0.717) is 5.92 Å². The van der Waals surface area contributed by atoms with Gasteiger partial charge < -0.3 is 10.1 Å². The Hall–Kier alpha value is -1.72. The van der Waals surface area contributed by atoms with Crippen LogP contribution >= 0.6 is 0 Å². The highest BCUT2D eigenvalue weighted by Gasteiger charge is 2.14. The summed E-state index contributed by atoms with van der Waals surface area (Å²) in [6.45, 7) is 4.34. The van der Waals surface area contributed by atoms with Crippen LogP contribution in [0.4, 0.5) is 0 Å². The molecular weight excluding hydrogens is 254 g/mol. The van der Waals surface area contributed by atoms with Crippen LogP contribution in [0.1, 0.15) is 6.42 Å². The molecule has 106 valence electrons. The van der Waals surface area contributed by atoms with Crippen LogP contribution in [0.2, 0.25) is 0 Å². The molecule has 1 fully saturated rings. The lowest BCUT2D eigenvalue weighted by Crippen LogP contribution is -2.27. The quantitative estimate of drug-likeness (QED) is 0.827. The molecule has 5 nitrogen and oxygen atoms in total. The Balaban J connectivity index is 1.62. The minimum Gasteiger partial charge on any atom is -0.381 e. The molecule has 0 radical (unpaired) electrons. The first kappa shape index (κ1) is 13.3. The summed E-state index contributed by atoms with van der Waals surface area (Å²) in [5.74, 6) is 0.633. The van der Waals surface area contributed by atoms with Gasteiger partial charge in [-0.1, -0.05) is 12.1 Å². The second kappa shape index (κ2) is 6.15. The van der Waals surface area contributed by atoms with E-state index in [0.717, 1.165) is 50.2 Å². The molecule has 1 aromatic heterocycles. The van der Waals surface area contributed by atoms with Crippen molar-refractivity contribution < 1.29 is 4.74 Å². The SMILES string of the molecule is O=c1cnn(CCNCC2CCOC2)c2ccccc12. The van der Waals surface area contributed by atoms with Crippen LogP contribution in [0.5, 0.6) is 0 Å². The van der Waals surface area contributed by atoms with E-state index >= 15 is 0 Å². The van der Waals surface area contributed by atoms with E-state index in [1.807, 2.05) is 28.9 Å². The predicted molar refractivity (Wildman–Crippen MR) is 77.8 cm³/mol. The molecular formula is C15H19N3O2. The Morgan fingerprint density at radius 2 is 2.30 bits per heavy atom. The van der Waals surface area contributed by atoms with Gasteiger partial charge in [0.05, 0.1) is 24.9 Å². The number of hydrogen-bond acceptors (Lipinski definition) is 4. The highest BCUT2D eigenvalue weighted by atomic mass is 16.5. The molecule has 1 aromatic carbocycles. The summed E-state index contributed by atoms with van der Waals surface area (Å²) < 4.78 is 7.23. The van der Waals surface area contributed by atoms with Crippen molar-refractivity contribution >= 4 is 10.9 Å². The van der Waals surface area contributed by atoms with Crippen LogP contribution in [0.25, 0.3) is 10.9 Å². The Labute approximate surface area is 117 Å². The molecule has 3 rings (SSSR count). The Morgan fingerprint density at radius 1 is 1.40 bits per heavy atom. The van der Waals surface area contributed by atoms with Crippen LogP contribution < -0.4 is 10.7 Å². The summed E-state index contributed by atoms with van der Waals surface area (Å²) in [5.41, 5.74) is 0.874. The largest absolute Gasteiger partial charge is 0.381 e. The molecule has 0 bridgehead atoms. The van der Waals surface area contributed by atoms with E-state index in [1.165, 1.54) is 6.20 Å². The van der Waals surface area contributed by atoms with Crippen molar-refractivity contribution in [2.45, 2.75) is 13.0 Å². The molecule has 2 aromatic rings. The van der Waals surface area contributed by atoms with Gasteiger partial charge in [-0.2, -0.15) is 5.10 Å². The molecule has 1 atom stereocenters. The number of para-hydroxylation sites is 1. The molecule has 0 aliphatic carbocycles. The minimum atomic E-state index is -0.0205. The van der Waals surface area contributed by atoms with E-state index in [9.17, 15) is 4.79 Å². The van der Waals surface area contributed by atoms with Crippen LogP contribution in [-0.4, -0.2) is 36.1 Å². The molecule has 20 heavy (non-hydrogen) atoms. The van der Waals surface area contributed by atoms with Gasteiger partial charge in [0.1, 0.15) is 0 Å². The number of rotatable bonds is 5. The first-order valence-corrected chi connectivity index (χ1v) is 7.08. The van der Waals surface area contributed by atoms with Gasteiger partial charge >= 0.3 is 0 Å². The monoisotopic (exact) mass is 273 g/mol. The normalized spacial score (nSPS) is 18.7. The van der Waals surface area contributed by atoms with Gasteiger partial charge in [-0.15, -0.1) is 0 Å². The van der Waals surface area contributed by atoms with E-state index in [-0.39, 0.29) is 5.43 Å². The molecule has 0 saturated carbocycles. The molecule has 0 amide bonds. The fourth-order valence-electron chi connectivity index (χ4n) is 2.57. The third-order valence-electron chi connectivity index (χ3n) is 3.72. The zero-order chi connectivity index (χ0) is 13.8. The second-order valence-electron chi connectivity index (χ2n) is 5.18. The number of nitrogens with one attached hydrogen (secondary N) is 1. The summed E-state index contributed by atoms with van der Waals surface area (Å²) in [7, 11) is 0. The lowest BCUT2D eigenvalue weighted by Gasteiger charge is -2.12. The summed E-state index contributed by atoms with van der Waals surface area (Å²) in [5, 5.41) is 8.38. The molecule has 1 N–H and O–H groups in total. The van der Waals surface area contributed by atoms with Crippen LogP contribution in [0.3, 0.4) is 0 Å². The van der Waals surface area contributed by atoms with E-state index in [4.69, 9.17) is 4.74 Å². The van der Waals surface area contributed by atoms with Gasteiger partial charge in [0.15, 0.2) is 0 Å². The van der Waals surface area contributed by atoms with Gasteiger partial charge in [0.2, 0.25) is 5.43 Å². The molecule has 1 saturated heterocycles. The minimum absolute atomic E-state index is 0.0205. The van der Waals surface area contributed by atoms with E-state index in [1.54, 1.807) is 0 Å². The molecule has 0 spiro atoms. The maximum Gasteiger partial charge on any atom is 0.207 e. The van der Waals surface area contributed by atoms with Crippen molar-refractivity contribution in [1.29, 1.82) is 0 Å². The van der Waals surface area contributed by atoms with Crippen molar-refractivity contribution in [2.75, 3.05) is 26.3 Å². The maximum absolute atomic E-state index is 11.7. The van der Waals surface area contributed by atoms with Gasteiger partial charge in [0, 0.05) is 25.1 Å². The fourth-order valence-corrected chi connectivity index (χ4v) is 2.57. The molecule has 1 unspecified atom stereocenters. The molecule has 1 aliphatic rings. The summed E-state index contributed by atoms with van der Waals surface area (Å²) in [6, 6.07) is 7.60. The number of nitrogens with zero attached hydrogens (tertiary/aromatic N) is 2. The number of ether oxygens (including phenoxy) is 1. The fraction of sp³-hybridized carbons (Fsp3) is 0.467. The van der Waals surface area contributed by atoms with E-state index < -0.39 is 0 Å². The first-order valence-electron chi connectivity index (χ1n) is 7.08. The third-order valence-corrected chi connectivity index (χ3v) is 3.72. The van der Waals surface area contributed by atoms with Gasteiger partial charge in [-0.25, -0.2) is 0 Å². The van der Waals surface area contributed by atoms with Crippen LogP contribution in [-0.2, 0) is 11.3 Å². The van der Waals surface area contributed by atoms with Crippen molar-refractivity contribution in [3.8, 4) is 0 Å². The van der Waals surface area contributed by atoms with Crippen LogP contribution in [0, 0.1) is 5.92 Å². The Kier molecular flexibility index (Phi) is 4.08. The summed E-state index contributed by atoms with van der Waals surface area (Å²) in [4.78, 5) is 11.7. The van der Waals surface area contributed by atoms with Crippen molar-refractivity contribution in [3.05, 3.63) is 40.7 Å². The lowest BCUT2D eigenvalue weighted by molar-refractivity contribution is 0.185. The molecule has 1 aliphatic heterocycles. The number of fused-ring (bicyclic) bond motifs is 1. The van der Waals surface area contributed by atoms with Crippen LogP contribution in [0.15, 0.2) is 35.3 Å². The Bertz CT molecular complexity index is 632. The summed E-state index contributed by atoms with van der Waals surface area (Å²) >= 11 is 0. The smallest absolute Gasteiger partial charge is 0.207 e. The average molecular weight is 273 g/mol. The van der Waals surface area contributed by atoms with E-state index in [2.05, 4.69) is 10.4 Å². The Morgan fingerprint density at radius 3 is 3.15 bits per heavy atom. The topological polar surface area (TPSA) is 56.2 Å². The highest BCUT2D eigenvalue weighted by Crippen LogP contribution is 2.10. The van der Waals surface area contributed by atoms with Gasteiger partial charge in [-0.3, -0.25) is 9.48 Å². The maximum atomic E-state index is 11.7. The van der Waals surface area contributed by atoms with Gasteiger partial charge in [0.25, 0.3) is 0 Å². The molecule has 5 heteroatoms. The standard InChI is InChI=1S/C15H19N3O2/c19-15-10-17-18(14-4-2-1-3-13(14)15)7-6-16-9-12-5-8-20-11-12/h1-4,10,12,16H,5-9,11H2. The predicted octanol–water partition coefficient (Wildman–Crippen LogP) is 1.02. The zero-order valence-corrected chi connectivity index (χ0v) is 11.4. The summed E-state index contributed by atoms with van der Waals surface area (Å²) in [6.07, 6.45) is 2.54.